The minimum atomic E-state index is -4.87. The molecule has 4 aromatic rings. The lowest BCUT2D eigenvalue weighted by Gasteiger charge is -2.16. The number of aromatic nitrogens is 2. The number of rotatable bonds is 5. The fourth-order valence-electron chi connectivity index (χ4n) is 3.61. The molecule has 0 radical (unpaired) electrons. The second-order valence-corrected chi connectivity index (χ2v) is 7.86. The standard InChI is InChI=1S/C25H18F4N4O3/c1-14-18-4-2-3-5-19(18)24(36)33(32-14)13-22(34)31-21-11-10-17(12-20(21)25(27,28)29)30-23(35)15-6-8-16(26)9-7-15/h2-12H,13H2,1H3,(H,30,35)(H,31,34). The maximum Gasteiger partial charge on any atom is 0.418 e. The SMILES string of the molecule is Cc1nn(CC(=O)Nc2ccc(NC(=O)c3ccc(F)cc3)cc2C(F)(F)F)c(=O)c2ccccc12. The van der Waals surface area contributed by atoms with Crippen LogP contribution in [0.1, 0.15) is 21.6 Å². The first-order valence-corrected chi connectivity index (χ1v) is 10.6. The van der Waals surface area contributed by atoms with Crippen molar-refractivity contribution < 1.29 is 27.2 Å². The second-order valence-electron chi connectivity index (χ2n) is 7.86. The van der Waals surface area contributed by atoms with Gasteiger partial charge >= 0.3 is 6.18 Å². The summed E-state index contributed by atoms with van der Waals surface area (Å²) in [7, 11) is 0. The number of halogens is 4. The molecule has 7 nitrogen and oxygen atoms in total. The topological polar surface area (TPSA) is 93.1 Å². The first-order valence-electron chi connectivity index (χ1n) is 10.6. The number of alkyl halides is 3. The van der Waals surface area contributed by atoms with E-state index in [1.54, 1.807) is 31.2 Å². The molecule has 1 heterocycles. The summed E-state index contributed by atoms with van der Waals surface area (Å²) in [5.74, 6) is -2.20. The van der Waals surface area contributed by atoms with Gasteiger partial charge in [0.25, 0.3) is 11.5 Å². The molecule has 0 saturated carbocycles. The number of carbonyl (C=O) groups excluding carboxylic acids is 2. The van der Waals surface area contributed by atoms with Gasteiger partial charge in [0.05, 0.1) is 22.3 Å². The van der Waals surface area contributed by atoms with Crippen molar-refractivity contribution in [2.45, 2.75) is 19.6 Å². The van der Waals surface area contributed by atoms with Gasteiger partial charge in [-0.1, -0.05) is 18.2 Å². The molecule has 4 rings (SSSR count). The highest BCUT2D eigenvalue weighted by Gasteiger charge is 2.34. The summed E-state index contributed by atoms with van der Waals surface area (Å²) in [5.41, 5.74) is -1.97. The number of nitrogens with zero attached hydrogens (tertiary/aromatic N) is 2. The Balaban J connectivity index is 1.56. The zero-order valence-electron chi connectivity index (χ0n) is 18.7. The minimum absolute atomic E-state index is 0.0472. The third-order valence-electron chi connectivity index (χ3n) is 5.31. The van der Waals surface area contributed by atoms with Crippen molar-refractivity contribution in [3.05, 3.63) is 99.7 Å². The molecule has 2 N–H and O–H groups in total. The Morgan fingerprint density at radius 1 is 0.944 bits per heavy atom. The first kappa shape index (κ1) is 24.6. The molecule has 0 aliphatic heterocycles. The zero-order chi connectivity index (χ0) is 26.0. The van der Waals surface area contributed by atoms with Gasteiger partial charge in [-0.05, 0) is 55.5 Å². The summed E-state index contributed by atoms with van der Waals surface area (Å²) in [4.78, 5) is 37.5. The molecule has 0 saturated heterocycles. The number of carbonyl (C=O) groups is 2. The molecular weight excluding hydrogens is 480 g/mol. The van der Waals surface area contributed by atoms with E-state index in [-0.39, 0.29) is 11.3 Å². The van der Waals surface area contributed by atoms with E-state index in [9.17, 15) is 31.9 Å². The molecule has 0 fully saturated rings. The fourth-order valence-corrected chi connectivity index (χ4v) is 3.61. The van der Waals surface area contributed by atoms with Crippen LogP contribution in [0, 0.1) is 12.7 Å². The molecule has 184 valence electrons. The van der Waals surface area contributed by atoms with Gasteiger partial charge in [-0.2, -0.15) is 18.3 Å². The Labute approximate surface area is 201 Å². The Kier molecular flexibility index (Phi) is 6.56. The molecule has 0 spiro atoms. The Morgan fingerprint density at radius 3 is 2.28 bits per heavy atom. The molecule has 0 aliphatic carbocycles. The lowest BCUT2D eigenvalue weighted by atomic mass is 10.1. The molecule has 11 heteroatoms. The number of fused-ring (bicyclic) bond motifs is 1. The van der Waals surface area contributed by atoms with E-state index in [2.05, 4.69) is 15.7 Å². The van der Waals surface area contributed by atoms with Gasteiger partial charge < -0.3 is 10.6 Å². The fraction of sp³-hybridized carbons (Fsp3) is 0.120. The highest BCUT2D eigenvalue weighted by molar-refractivity contribution is 6.04. The van der Waals surface area contributed by atoms with Crippen LogP contribution in [0.2, 0.25) is 0 Å². The van der Waals surface area contributed by atoms with Crippen molar-refractivity contribution in [2.24, 2.45) is 0 Å². The van der Waals surface area contributed by atoms with E-state index in [0.29, 0.717) is 22.5 Å². The van der Waals surface area contributed by atoms with Gasteiger partial charge in [-0.25, -0.2) is 9.07 Å². The largest absolute Gasteiger partial charge is 0.418 e. The van der Waals surface area contributed by atoms with Crippen LogP contribution in [0.3, 0.4) is 0 Å². The molecule has 0 aliphatic rings. The van der Waals surface area contributed by atoms with E-state index in [1.807, 2.05) is 0 Å². The van der Waals surface area contributed by atoms with Crippen LogP contribution in [0.5, 0.6) is 0 Å². The third-order valence-corrected chi connectivity index (χ3v) is 5.31. The number of aryl methyl sites for hydroxylation is 1. The van der Waals surface area contributed by atoms with E-state index in [4.69, 9.17) is 0 Å². The molecular formula is C25H18F4N4O3. The van der Waals surface area contributed by atoms with Crippen LogP contribution in [0.15, 0.2) is 71.5 Å². The average Bonchev–Trinajstić information content (AvgIpc) is 2.83. The van der Waals surface area contributed by atoms with Crippen LogP contribution >= 0.6 is 0 Å². The van der Waals surface area contributed by atoms with Crippen molar-refractivity contribution in [1.29, 1.82) is 0 Å². The van der Waals surface area contributed by atoms with Gasteiger partial charge in [0.1, 0.15) is 12.4 Å². The predicted octanol–water partition coefficient (Wildman–Crippen LogP) is 4.75. The van der Waals surface area contributed by atoms with Crippen molar-refractivity contribution in [1.82, 2.24) is 9.78 Å². The normalized spacial score (nSPS) is 11.4. The number of hydrogen-bond donors (Lipinski definition) is 2. The Bertz CT molecular complexity index is 1530. The lowest BCUT2D eigenvalue weighted by Crippen LogP contribution is -2.30. The summed E-state index contributed by atoms with van der Waals surface area (Å²) in [5, 5.41) is 9.50. The summed E-state index contributed by atoms with van der Waals surface area (Å²) < 4.78 is 55.1. The molecule has 0 unspecified atom stereocenters. The summed E-state index contributed by atoms with van der Waals surface area (Å²) in [6.45, 7) is 1.04. The van der Waals surface area contributed by atoms with E-state index in [1.165, 1.54) is 18.2 Å². The zero-order valence-corrected chi connectivity index (χ0v) is 18.7. The van der Waals surface area contributed by atoms with E-state index in [0.717, 1.165) is 22.9 Å². The number of hydrogen-bond acceptors (Lipinski definition) is 4. The van der Waals surface area contributed by atoms with Crippen molar-refractivity contribution in [3.63, 3.8) is 0 Å². The molecule has 3 aromatic carbocycles. The smallest absolute Gasteiger partial charge is 0.324 e. The minimum Gasteiger partial charge on any atom is -0.324 e. The monoisotopic (exact) mass is 498 g/mol. The summed E-state index contributed by atoms with van der Waals surface area (Å²) in [6.07, 6.45) is -4.87. The van der Waals surface area contributed by atoms with Crippen LogP contribution < -0.4 is 16.2 Å². The highest BCUT2D eigenvalue weighted by atomic mass is 19.4. The summed E-state index contributed by atoms with van der Waals surface area (Å²) in [6, 6.07) is 14.0. The molecule has 0 bridgehead atoms. The number of benzene rings is 3. The van der Waals surface area contributed by atoms with Crippen molar-refractivity contribution >= 4 is 34.0 Å². The first-order chi connectivity index (χ1) is 17.0. The average molecular weight is 498 g/mol. The van der Waals surface area contributed by atoms with Gasteiger partial charge in [0.2, 0.25) is 5.91 Å². The number of nitrogens with one attached hydrogen (secondary N) is 2. The van der Waals surface area contributed by atoms with Crippen LogP contribution in [0.4, 0.5) is 28.9 Å². The van der Waals surface area contributed by atoms with E-state index >= 15 is 0 Å². The predicted molar refractivity (Wildman–Crippen MR) is 125 cm³/mol. The lowest BCUT2D eigenvalue weighted by molar-refractivity contribution is -0.136. The Morgan fingerprint density at radius 2 is 1.61 bits per heavy atom. The Hall–Kier alpha value is -4.54. The van der Waals surface area contributed by atoms with Crippen LogP contribution in [-0.4, -0.2) is 21.6 Å². The van der Waals surface area contributed by atoms with Gasteiger partial charge in [-0.15, -0.1) is 0 Å². The number of amides is 2. The summed E-state index contributed by atoms with van der Waals surface area (Å²) >= 11 is 0. The van der Waals surface area contributed by atoms with E-state index < -0.39 is 47.2 Å². The van der Waals surface area contributed by atoms with Crippen molar-refractivity contribution in [3.8, 4) is 0 Å². The molecule has 2 amide bonds. The molecule has 36 heavy (non-hydrogen) atoms. The maximum atomic E-state index is 13.7. The van der Waals surface area contributed by atoms with Crippen LogP contribution in [-0.2, 0) is 17.5 Å². The second kappa shape index (κ2) is 9.61. The molecule has 0 atom stereocenters. The van der Waals surface area contributed by atoms with Gasteiger partial charge in [0.15, 0.2) is 0 Å². The van der Waals surface area contributed by atoms with Crippen molar-refractivity contribution in [2.75, 3.05) is 10.6 Å². The number of anilines is 2. The quantitative estimate of drug-likeness (QED) is 0.389. The highest BCUT2D eigenvalue weighted by Crippen LogP contribution is 2.36. The van der Waals surface area contributed by atoms with Crippen LogP contribution in [0.25, 0.3) is 10.8 Å². The molecule has 1 aromatic heterocycles. The maximum absolute atomic E-state index is 13.7. The third kappa shape index (κ3) is 5.24. The van der Waals surface area contributed by atoms with Gasteiger partial charge in [0, 0.05) is 16.6 Å². The van der Waals surface area contributed by atoms with Gasteiger partial charge in [-0.3, -0.25) is 14.4 Å².